The Balaban J connectivity index is 2.22. The summed E-state index contributed by atoms with van der Waals surface area (Å²) in [6.45, 7) is 1.89. The third-order valence-electron chi connectivity index (χ3n) is 2.65. The minimum Gasteiger partial charge on any atom is -0.323 e. The molecule has 8 heteroatoms. The van der Waals surface area contributed by atoms with Crippen LogP contribution >= 0.6 is 0 Å². The van der Waals surface area contributed by atoms with E-state index in [1.165, 1.54) is 19.2 Å². The molecule has 0 bridgehead atoms. The van der Waals surface area contributed by atoms with Crippen LogP contribution in [0, 0.1) is 5.82 Å². The Labute approximate surface area is 120 Å². The highest BCUT2D eigenvalue weighted by molar-refractivity contribution is 5.93. The molecule has 0 aliphatic heterocycles. The van der Waals surface area contributed by atoms with Gasteiger partial charge in [-0.05, 0) is 30.2 Å². The highest BCUT2D eigenvalue weighted by atomic mass is 19.1. The first-order valence-corrected chi connectivity index (χ1v) is 6.22. The number of pyridine rings is 1. The van der Waals surface area contributed by atoms with E-state index in [2.05, 4.69) is 30.8 Å². The van der Waals surface area contributed by atoms with Gasteiger partial charge in [0.05, 0.1) is 13.3 Å². The molecule has 1 amide bonds. The van der Waals surface area contributed by atoms with Gasteiger partial charge in [-0.3, -0.25) is 9.63 Å². The molecule has 0 spiro atoms. The molecule has 7 nitrogen and oxygen atoms in total. The number of carbonyl (C=O) groups excluding carboxylic acids is 1. The van der Waals surface area contributed by atoms with E-state index >= 15 is 0 Å². The molecule has 2 N–H and O–H groups in total. The van der Waals surface area contributed by atoms with Crippen molar-refractivity contribution in [3.8, 4) is 0 Å². The number of halogens is 1. The van der Waals surface area contributed by atoms with Gasteiger partial charge in [-0.1, -0.05) is 6.92 Å². The van der Waals surface area contributed by atoms with Crippen molar-refractivity contribution in [1.82, 2.24) is 20.7 Å². The number of nitrogens with zero attached hydrogens (tertiary/aromatic N) is 3. The van der Waals surface area contributed by atoms with Crippen LogP contribution in [-0.2, 0) is 11.3 Å². The zero-order valence-corrected chi connectivity index (χ0v) is 11.6. The van der Waals surface area contributed by atoms with Gasteiger partial charge in [0, 0.05) is 0 Å². The fraction of sp³-hybridized carbons (Fsp3) is 0.231. The SMILES string of the molecule is CCc1cc(Nc2ccc(F)cn2)nnc1C(=O)NOC. The van der Waals surface area contributed by atoms with E-state index in [1.807, 2.05) is 6.92 Å². The first-order valence-electron chi connectivity index (χ1n) is 6.22. The Kier molecular flexibility index (Phi) is 4.72. The fourth-order valence-corrected chi connectivity index (χ4v) is 1.67. The Bertz CT molecular complexity index is 633. The van der Waals surface area contributed by atoms with E-state index in [4.69, 9.17) is 0 Å². The number of rotatable bonds is 5. The number of nitrogens with one attached hydrogen (secondary N) is 2. The Morgan fingerprint density at radius 3 is 2.76 bits per heavy atom. The maximum absolute atomic E-state index is 12.8. The van der Waals surface area contributed by atoms with Crippen molar-refractivity contribution >= 4 is 17.5 Å². The van der Waals surface area contributed by atoms with Crippen molar-refractivity contribution in [3.05, 3.63) is 41.5 Å². The molecule has 0 unspecified atom stereocenters. The zero-order chi connectivity index (χ0) is 15.2. The zero-order valence-electron chi connectivity index (χ0n) is 11.6. The van der Waals surface area contributed by atoms with Gasteiger partial charge < -0.3 is 5.32 Å². The summed E-state index contributed by atoms with van der Waals surface area (Å²) in [7, 11) is 1.34. The summed E-state index contributed by atoms with van der Waals surface area (Å²) in [5.41, 5.74) is 3.09. The second kappa shape index (κ2) is 6.71. The number of hydrogen-bond acceptors (Lipinski definition) is 6. The molecule has 0 saturated carbocycles. The maximum atomic E-state index is 12.8. The molecule has 0 saturated heterocycles. The summed E-state index contributed by atoms with van der Waals surface area (Å²) in [6.07, 6.45) is 1.68. The van der Waals surface area contributed by atoms with Gasteiger partial charge in [0.1, 0.15) is 11.6 Å². The minimum atomic E-state index is -0.465. The molecule has 0 fully saturated rings. The third-order valence-corrected chi connectivity index (χ3v) is 2.65. The highest BCUT2D eigenvalue weighted by Gasteiger charge is 2.14. The Morgan fingerprint density at radius 2 is 2.14 bits per heavy atom. The van der Waals surface area contributed by atoms with Crippen molar-refractivity contribution in [3.63, 3.8) is 0 Å². The van der Waals surface area contributed by atoms with Gasteiger partial charge in [-0.25, -0.2) is 14.9 Å². The van der Waals surface area contributed by atoms with Crippen LogP contribution in [0.15, 0.2) is 24.4 Å². The first-order chi connectivity index (χ1) is 10.1. The van der Waals surface area contributed by atoms with Crippen LogP contribution in [-0.4, -0.2) is 28.2 Å². The lowest BCUT2D eigenvalue weighted by atomic mass is 10.1. The van der Waals surface area contributed by atoms with Crippen LogP contribution in [0.3, 0.4) is 0 Å². The standard InChI is InChI=1S/C13H14FN5O2/c1-3-8-6-11(16-10-5-4-9(14)7-15-10)17-18-12(8)13(20)19-21-2/h4-7H,3H2,1-2H3,(H,19,20)(H,15,16,17). The molecule has 0 aliphatic carbocycles. The van der Waals surface area contributed by atoms with Crippen molar-refractivity contribution in [2.24, 2.45) is 0 Å². The second-order valence-electron chi connectivity index (χ2n) is 4.08. The quantitative estimate of drug-likeness (QED) is 0.814. The van der Waals surface area contributed by atoms with Crippen LogP contribution in [0.5, 0.6) is 0 Å². The number of anilines is 2. The summed E-state index contributed by atoms with van der Waals surface area (Å²) in [5.74, 6) is -0.0393. The Hall–Kier alpha value is -2.61. The monoisotopic (exact) mass is 291 g/mol. The number of amides is 1. The number of hydroxylamine groups is 1. The molecular formula is C13H14FN5O2. The van der Waals surface area contributed by atoms with Gasteiger partial charge in [-0.15, -0.1) is 10.2 Å². The molecule has 2 heterocycles. The van der Waals surface area contributed by atoms with Crippen molar-refractivity contribution in [2.45, 2.75) is 13.3 Å². The predicted octanol–water partition coefficient (Wildman–Crippen LogP) is 1.61. The molecule has 2 rings (SSSR count). The van der Waals surface area contributed by atoms with Crippen LogP contribution in [0.2, 0.25) is 0 Å². The lowest BCUT2D eigenvalue weighted by molar-refractivity contribution is 0.0530. The molecular weight excluding hydrogens is 277 g/mol. The molecule has 0 radical (unpaired) electrons. The average Bonchev–Trinajstić information content (AvgIpc) is 2.49. The van der Waals surface area contributed by atoms with Gasteiger partial charge in [0.15, 0.2) is 11.5 Å². The fourth-order valence-electron chi connectivity index (χ4n) is 1.67. The Morgan fingerprint density at radius 1 is 1.33 bits per heavy atom. The lowest BCUT2D eigenvalue weighted by Gasteiger charge is -2.09. The van der Waals surface area contributed by atoms with E-state index < -0.39 is 11.7 Å². The average molecular weight is 291 g/mol. The number of hydrogen-bond donors (Lipinski definition) is 2. The smallest absolute Gasteiger partial charge is 0.295 e. The van der Waals surface area contributed by atoms with Crippen LogP contribution < -0.4 is 10.8 Å². The molecule has 0 aromatic carbocycles. The summed E-state index contributed by atoms with van der Waals surface area (Å²) in [5, 5.41) is 10.7. The second-order valence-corrected chi connectivity index (χ2v) is 4.08. The van der Waals surface area contributed by atoms with Crippen LogP contribution in [0.4, 0.5) is 16.0 Å². The van der Waals surface area contributed by atoms with Gasteiger partial charge in [0.25, 0.3) is 5.91 Å². The normalized spacial score (nSPS) is 10.2. The molecule has 21 heavy (non-hydrogen) atoms. The summed E-state index contributed by atoms with van der Waals surface area (Å²) in [6, 6.07) is 4.45. The van der Waals surface area contributed by atoms with Crippen molar-refractivity contribution in [1.29, 1.82) is 0 Å². The van der Waals surface area contributed by atoms with E-state index in [0.717, 1.165) is 6.20 Å². The minimum absolute atomic E-state index is 0.192. The largest absolute Gasteiger partial charge is 0.323 e. The van der Waals surface area contributed by atoms with E-state index in [0.29, 0.717) is 23.6 Å². The summed E-state index contributed by atoms with van der Waals surface area (Å²) < 4.78 is 12.8. The van der Waals surface area contributed by atoms with Crippen LogP contribution in [0.1, 0.15) is 23.0 Å². The summed E-state index contributed by atoms with van der Waals surface area (Å²) in [4.78, 5) is 20.1. The molecule has 110 valence electrons. The summed E-state index contributed by atoms with van der Waals surface area (Å²) >= 11 is 0. The van der Waals surface area contributed by atoms with E-state index in [-0.39, 0.29) is 5.69 Å². The number of carbonyl (C=O) groups is 1. The van der Waals surface area contributed by atoms with E-state index in [9.17, 15) is 9.18 Å². The van der Waals surface area contributed by atoms with Gasteiger partial charge in [-0.2, -0.15) is 0 Å². The molecule has 2 aromatic heterocycles. The number of aryl methyl sites for hydroxylation is 1. The highest BCUT2D eigenvalue weighted by Crippen LogP contribution is 2.15. The predicted molar refractivity (Wildman–Crippen MR) is 73.4 cm³/mol. The van der Waals surface area contributed by atoms with Crippen molar-refractivity contribution in [2.75, 3.05) is 12.4 Å². The first kappa shape index (κ1) is 14.8. The molecule has 0 atom stereocenters. The van der Waals surface area contributed by atoms with E-state index in [1.54, 1.807) is 6.07 Å². The lowest BCUT2D eigenvalue weighted by Crippen LogP contribution is -2.25. The molecule has 2 aromatic rings. The number of aromatic nitrogens is 3. The van der Waals surface area contributed by atoms with Gasteiger partial charge in [0.2, 0.25) is 0 Å². The maximum Gasteiger partial charge on any atom is 0.295 e. The van der Waals surface area contributed by atoms with Gasteiger partial charge >= 0.3 is 0 Å². The van der Waals surface area contributed by atoms with Crippen molar-refractivity contribution < 1.29 is 14.0 Å². The topological polar surface area (TPSA) is 89.0 Å². The van der Waals surface area contributed by atoms with Crippen LogP contribution in [0.25, 0.3) is 0 Å². The third kappa shape index (κ3) is 3.69. The molecule has 0 aliphatic rings.